The number of halogens is 1. The zero-order valence-corrected chi connectivity index (χ0v) is 14.4. The fourth-order valence-electron chi connectivity index (χ4n) is 2.83. The summed E-state index contributed by atoms with van der Waals surface area (Å²) in [4.78, 5) is 9.25. The molecule has 0 saturated carbocycles. The SMILES string of the molecule is Brc1ccc(C2=N[C@@H](c3ccccc3)[C@@H](c3ccccc3)O2)nc1. The third-order valence-corrected chi connectivity index (χ3v) is 4.47. The predicted octanol–water partition coefficient (Wildman–Crippen LogP) is 5.10. The topological polar surface area (TPSA) is 34.5 Å². The van der Waals surface area contributed by atoms with E-state index >= 15 is 0 Å². The Morgan fingerprint density at radius 1 is 0.792 bits per heavy atom. The van der Waals surface area contributed by atoms with E-state index in [0.29, 0.717) is 5.90 Å². The molecule has 3 nitrogen and oxygen atoms in total. The number of hydrogen-bond acceptors (Lipinski definition) is 3. The van der Waals surface area contributed by atoms with Crippen LogP contribution >= 0.6 is 15.9 Å². The van der Waals surface area contributed by atoms with Crippen molar-refractivity contribution in [3.63, 3.8) is 0 Å². The molecule has 3 aromatic rings. The highest BCUT2D eigenvalue weighted by Gasteiger charge is 2.34. The summed E-state index contributed by atoms with van der Waals surface area (Å²) in [6.45, 7) is 0. The summed E-state index contributed by atoms with van der Waals surface area (Å²) < 4.78 is 7.15. The lowest BCUT2D eigenvalue weighted by Crippen LogP contribution is -2.09. The van der Waals surface area contributed by atoms with Crippen LogP contribution in [0.15, 0.2) is 88.5 Å². The standard InChI is InChI=1S/C20H15BrN2O/c21-16-11-12-17(22-13-16)20-23-18(14-7-3-1-4-8-14)19(24-20)15-9-5-2-6-10-15/h1-13,18-19H/t18-,19+/m0/s1. The molecule has 1 aliphatic heterocycles. The number of aromatic nitrogens is 1. The van der Waals surface area contributed by atoms with Crippen LogP contribution in [0.25, 0.3) is 0 Å². The zero-order chi connectivity index (χ0) is 16.4. The van der Waals surface area contributed by atoms with E-state index in [1.807, 2.05) is 48.5 Å². The summed E-state index contributed by atoms with van der Waals surface area (Å²) in [6, 6.07) is 24.2. The Morgan fingerprint density at radius 2 is 1.46 bits per heavy atom. The zero-order valence-electron chi connectivity index (χ0n) is 12.8. The molecule has 0 bridgehead atoms. The number of hydrogen-bond donors (Lipinski definition) is 0. The number of rotatable bonds is 3. The maximum absolute atomic E-state index is 6.21. The number of ether oxygens (including phenoxy) is 1. The largest absolute Gasteiger partial charge is 0.465 e. The van der Waals surface area contributed by atoms with Gasteiger partial charge in [-0.3, -0.25) is 4.98 Å². The van der Waals surface area contributed by atoms with Gasteiger partial charge in [0.15, 0.2) is 6.10 Å². The van der Waals surface area contributed by atoms with Crippen molar-refractivity contribution in [1.82, 2.24) is 4.98 Å². The first-order valence-corrected chi connectivity index (χ1v) is 8.57. The van der Waals surface area contributed by atoms with Gasteiger partial charge in [-0.25, -0.2) is 4.99 Å². The Hall–Kier alpha value is -2.46. The molecule has 0 amide bonds. The molecule has 2 aromatic carbocycles. The van der Waals surface area contributed by atoms with Crippen molar-refractivity contribution in [2.24, 2.45) is 4.99 Å². The van der Waals surface area contributed by atoms with Gasteiger partial charge in [0.2, 0.25) is 5.90 Å². The highest BCUT2D eigenvalue weighted by Crippen LogP contribution is 2.40. The van der Waals surface area contributed by atoms with Crippen LogP contribution in [0.3, 0.4) is 0 Å². The van der Waals surface area contributed by atoms with E-state index in [4.69, 9.17) is 9.73 Å². The van der Waals surface area contributed by atoms with E-state index in [9.17, 15) is 0 Å². The van der Waals surface area contributed by atoms with Crippen LogP contribution < -0.4 is 0 Å². The van der Waals surface area contributed by atoms with Gasteiger partial charge in [0.1, 0.15) is 11.7 Å². The maximum Gasteiger partial charge on any atom is 0.236 e. The average molecular weight is 379 g/mol. The molecule has 4 heteroatoms. The van der Waals surface area contributed by atoms with Crippen LogP contribution in [0.2, 0.25) is 0 Å². The Morgan fingerprint density at radius 3 is 2.08 bits per heavy atom. The van der Waals surface area contributed by atoms with Gasteiger partial charge in [-0.05, 0) is 39.2 Å². The molecule has 118 valence electrons. The lowest BCUT2D eigenvalue weighted by molar-refractivity contribution is 0.196. The molecule has 0 saturated heterocycles. The molecule has 0 N–H and O–H groups in total. The van der Waals surface area contributed by atoms with E-state index in [-0.39, 0.29) is 12.1 Å². The number of benzene rings is 2. The first-order valence-electron chi connectivity index (χ1n) is 7.77. The quantitative estimate of drug-likeness (QED) is 0.634. The van der Waals surface area contributed by atoms with Gasteiger partial charge in [0, 0.05) is 10.7 Å². The molecular weight excluding hydrogens is 364 g/mol. The van der Waals surface area contributed by atoms with Crippen LogP contribution in [-0.4, -0.2) is 10.9 Å². The minimum absolute atomic E-state index is 0.0750. The summed E-state index contributed by atoms with van der Waals surface area (Å²) in [7, 11) is 0. The number of nitrogens with zero attached hydrogens (tertiary/aromatic N) is 2. The molecule has 0 spiro atoms. The maximum atomic E-state index is 6.21. The number of pyridine rings is 1. The summed E-state index contributed by atoms with van der Waals surface area (Å²) in [5, 5.41) is 0. The van der Waals surface area contributed by atoms with Crippen molar-refractivity contribution < 1.29 is 4.74 Å². The Balaban J connectivity index is 1.74. The van der Waals surface area contributed by atoms with Crippen LogP contribution in [0.4, 0.5) is 0 Å². The normalized spacial score (nSPS) is 19.6. The van der Waals surface area contributed by atoms with E-state index in [1.165, 1.54) is 0 Å². The van der Waals surface area contributed by atoms with E-state index < -0.39 is 0 Å². The molecule has 1 aromatic heterocycles. The van der Waals surface area contributed by atoms with Gasteiger partial charge in [0.05, 0.1) is 0 Å². The van der Waals surface area contributed by atoms with Crippen molar-refractivity contribution in [3.8, 4) is 0 Å². The Kier molecular flexibility index (Phi) is 4.13. The first-order chi connectivity index (χ1) is 11.8. The van der Waals surface area contributed by atoms with E-state index in [2.05, 4.69) is 45.2 Å². The molecule has 0 fully saturated rings. The lowest BCUT2D eigenvalue weighted by Gasteiger charge is -2.18. The number of aliphatic imine (C=N–C) groups is 1. The molecule has 2 heterocycles. The van der Waals surface area contributed by atoms with Gasteiger partial charge >= 0.3 is 0 Å². The van der Waals surface area contributed by atoms with Crippen LogP contribution in [0.1, 0.15) is 29.0 Å². The third-order valence-electron chi connectivity index (χ3n) is 4.00. The highest BCUT2D eigenvalue weighted by molar-refractivity contribution is 9.10. The van der Waals surface area contributed by atoms with Crippen LogP contribution in [0, 0.1) is 0 Å². The minimum atomic E-state index is -0.144. The highest BCUT2D eigenvalue weighted by atomic mass is 79.9. The van der Waals surface area contributed by atoms with Crippen molar-refractivity contribution in [2.45, 2.75) is 12.1 Å². The van der Waals surface area contributed by atoms with Gasteiger partial charge in [-0.1, -0.05) is 60.7 Å². The average Bonchev–Trinajstić information content (AvgIpc) is 3.09. The van der Waals surface area contributed by atoms with Crippen LogP contribution in [0.5, 0.6) is 0 Å². The predicted molar refractivity (Wildman–Crippen MR) is 97.9 cm³/mol. The Labute approximate surface area is 149 Å². The smallest absolute Gasteiger partial charge is 0.236 e. The van der Waals surface area contributed by atoms with Gasteiger partial charge in [-0.2, -0.15) is 0 Å². The summed E-state index contributed by atoms with van der Waals surface area (Å²) in [6.07, 6.45) is 1.61. The van der Waals surface area contributed by atoms with Crippen molar-refractivity contribution in [2.75, 3.05) is 0 Å². The van der Waals surface area contributed by atoms with Crippen LogP contribution in [-0.2, 0) is 4.74 Å². The van der Waals surface area contributed by atoms with Crippen molar-refractivity contribution in [1.29, 1.82) is 0 Å². The lowest BCUT2D eigenvalue weighted by atomic mass is 9.97. The molecule has 0 aliphatic carbocycles. The fourth-order valence-corrected chi connectivity index (χ4v) is 3.07. The second-order valence-electron chi connectivity index (χ2n) is 5.60. The van der Waals surface area contributed by atoms with Gasteiger partial charge in [0.25, 0.3) is 0 Å². The summed E-state index contributed by atoms with van der Waals surface area (Å²) in [5.41, 5.74) is 3.00. The van der Waals surface area contributed by atoms with Crippen molar-refractivity contribution in [3.05, 3.63) is 100 Å². The fraction of sp³-hybridized carbons (Fsp3) is 0.100. The third kappa shape index (κ3) is 2.97. The second kappa shape index (κ2) is 6.57. The van der Waals surface area contributed by atoms with E-state index in [0.717, 1.165) is 21.3 Å². The molecule has 24 heavy (non-hydrogen) atoms. The molecular formula is C20H15BrN2O. The summed E-state index contributed by atoms with van der Waals surface area (Å²) >= 11 is 3.41. The first kappa shape index (κ1) is 15.1. The Bertz CT molecular complexity index is 848. The minimum Gasteiger partial charge on any atom is -0.465 e. The molecule has 2 atom stereocenters. The van der Waals surface area contributed by atoms with Crippen molar-refractivity contribution >= 4 is 21.8 Å². The van der Waals surface area contributed by atoms with Gasteiger partial charge < -0.3 is 4.74 Å². The molecule has 0 radical (unpaired) electrons. The molecule has 1 aliphatic rings. The second-order valence-corrected chi connectivity index (χ2v) is 6.52. The molecule has 4 rings (SSSR count). The molecule has 0 unspecified atom stereocenters. The monoisotopic (exact) mass is 378 g/mol. The van der Waals surface area contributed by atoms with E-state index in [1.54, 1.807) is 6.20 Å². The van der Waals surface area contributed by atoms with Gasteiger partial charge in [-0.15, -0.1) is 0 Å². The summed E-state index contributed by atoms with van der Waals surface area (Å²) in [5.74, 6) is 0.588.